The number of ether oxygens (including phenoxy) is 1. The van der Waals surface area contributed by atoms with E-state index in [1.807, 2.05) is 24.3 Å². The second kappa shape index (κ2) is 9.86. The van der Waals surface area contributed by atoms with Crippen molar-refractivity contribution in [2.75, 3.05) is 12.9 Å². The summed E-state index contributed by atoms with van der Waals surface area (Å²) in [6.45, 7) is 0. The highest BCUT2D eigenvalue weighted by Gasteiger charge is 2.04. The first-order valence-corrected chi connectivity index (χ1v) is 8.94. The fourth-order valence-corrected chi connectivity index (χ4v) is 2.78. The summed E-state index contributed by atoms with van der Waals surface area (Å²) in [5, 5.41) is 4.60. The minimum absolute atomic E-state index is 0.179. The second-order valence-electron chi connectivity index (χ2n) is 5.03. The maximum absolute atomic E-state index is 11.7. The molecular formula is C18H17ClN2O3S. The highest BCUT2D eigenvalue weighted by molar-refractivity contribution is 7.99. The molecule has 0 saturated carbocycles. The van der Waals surface area contributed by atoms with Crippen LogP contribution in [-0.4, -0.2) is 31.0 Å². The zero-order chi connectivity index (χ0) is 18.1. The molecule has 25 heavy (non-hydrogen) atoms. The first-order valence-electron chi connectivity index (χ1n) is 7.41. The number of thioether (sulfide) groups is 1. The van der Waals surface area contributed by atoms with E-state index >= 15 is 0 Å². The van der Waals surface area contributed by atoms with Crippen LogP contribution in [0.25, 0.3) is 0 Å². The lowest BCUT2D eigenvalue weighted by Gasteiger charge is -2.02. The lowest BCUT2D eigenvalue weighted by atomic mass is 10.1. The summed E-state index contributed by atoms with van der Waals surface area (Å²) < 4.78 is 4.63. The molecule has 0 bridgehead atoms. The molecule has 0 unspecified atom stereocenters. The van der Waals surface area contributed by atoms with E-state index in [0.717, 1.165) is 16.9 Å². The Balaban J connectivity index is 1.72. The van der Waals surface area contributed by atoms with Crippen molar-refractivity contribution >= 4 is 41.5 Å². The Labute approximate surface area is 155 Å². The summed E-state index contributed by atoms with van der Waals surface area (Å²) in [5.41, 5.74) is 4.81. The average molecular weight is 377 g/mol. The van der Waals surface area contributed by atoms with Gasteiger partial charge in [-0.25, -0.2) is 10.2 Å². The van der Waals surface area contributed by atoms with E-state index in [1.54, 1.807) is 24.3 Å². The summed E-state index contributed by atoms with van der Waals surface area (Å²) in [4.78, 5) is 23.1. The van der Waals surface area contributed by atoms with E-state index in [1.165, 1.54) is 25.1 Å². The van der Waals surface area contributed by atoms with Crippen molar-refractivity contribution in [2.24, 2.45) is 5.10 Å². The van der Waals surface area contributed by atoms with Gasteiger partial charge in [-0.05, 0) is 35.4 Å². The van der Waals surface area contributed by atoms with Gasteiger partial charge >= 0.3 is 5.97 Å². The molecule has 0 aromatic heterocycles. The number of carbonyl (C=O) groups excluding carboxylic acids is 2. The lowest BCUT2D eigenvalue weighted by Crippen LogP contribution is -2.19. The third-order valence-electron chi connectivity index (χ3n) is 3.15. The highest BCUT2D eigenvalue weighted by Crippen LogP contribution is 2.15. The molecule has 1 N–H and O–H groups in total. The first kappa shape index (κ1) is 19.0. The summed E-state index contributed by atoms with van der Waals surface area (Å²) in [6.07, 6.45) is 1.52. The molecule has 130 valence electrons. The van der Waals surface area contributed by atoms with Crippen LogP contribution in [0.4, 0.5) is 0 Å². The van der Waals surface area contributed by atoms with Crippen molar-refractivity contribution in [1.29, 1.82) is 0 Å². The quantitative estimate of drug-likeness (QED) is 0.456. The Kier molecular flexibility index (Phi) is 7.50. The van der Waals surface area contributed by atoms with Gasteiger partial charge in [0, 0.05) is 10.8 Å². The van der Waals surface area contributed by atoms with Crippen molar-refractivity contribution in [1.82, 2.24) is 5.43 Å². The molecule has 0 aliphatic heterocycles. The number of hydrazone groups is 1. The van der Waals surface area contributed by atoms with Crippen molar-refractivity contribution in [3.8, 4) is 0 Å². The van der Waals surface area contributed by atoms with Crippen LogP contribution in [-0.2, 0) is 15.3 Å². The normalized spacial score (nSPS) is 10.6. The predicted octanol–water partition coefficient (Wildman–Crippen LogP) is 3.51. The first-order chi connectivity index (χ1) is 12.1. The molecule has 2 aromatic carbocycles. The molecule has 5 nitrogen and oxygen atoms in total. The summed E-state index contributed by atoms with van der Waals surface area (Å²) >= 11 is 7.32. The smallest absolute Gasteiger partial charge is 0.337 e. The van der Waals surface area contributed by atoms with Gasteiger partial charge in [0.1, 0.15) is 0 Å². The van der Waals surface area contributed by atoms with Gasteiger partial charge in [-0.15, -0.1) is 11.8 Å². The van der Waals surface area contributed by atoms with E-state index in [9.17, 15) is 9.59 Å². The number of hydrogen-bond acceptors (Lipinski definition) is 5. The number of benzene rings is 2. The van der Waals surface area contributed by atoms with Crippen LogP contribution >= 0.6 is 23.4 Å². The Bertz CT molecular complexity index is 746. The molecule has 7 heteroatoms. The number of nitrogens with zero attached hydrogens (tertiary/aromatic N) is 1. The Morgan fingerprint density at radius 2 is 1.84 bits per heavy atom. The van der Waals surface area contributed by atoms with E-state index in [-0.39, 0.29) is 5.91 Å². The molecule has 1 amide bonds. The van der Waals surface area contributed by atoms with E-state index in [4.69, 9.17) is 11.6 Å². The van der Waals surface area contributed by atoms with Crippen LogP contribution in [0.5, 0.6) is 0 Å². The van der Waals surface area contributed by atoms with Gasteiger partial charge in [0.05, 0.1) is 24.6 Å². The van der Waals surface area contributed by atoms with Gasteiger partial charge in [0.25, 0.3) is 0 Å². The molecule has 2 rings (SSSR count). The molecule has 0 fully saturated rings. The third kappa shape index (κ3) is 6.60. The molecule has 2 aromatic rings. The number of carbonyl (C=O) groups is 2. The van der Waals surface area contributed by atoms with E-state index in [0.29, 0.717) is 16.3 Å². The maximum atomic E-state index is 11.7. The Hall–Kier alpha value is -2.31. The van der Waals surface area contributed by atoms with Gasteiger partial charge < -0.3 is 4.74 Å². The third-order valence-corrected chi connectivity index (χ3v) is 4.41. The minimum atomic E-state index is -0.394. The summed E-state index contributed by atoms with van der Waals surface area (Å²) in [6, 6.07) is 14.2. The SMILES string of the molecule is COC(=O)c1ccc(C=NNC(=O)CSCc2ccc(Cl)cc2)cc1. The Morgan fingerprint density at radius 1 is 1.16 bits per heavy atom. The Morgan fingerprint density at radius 3 is 2.48 bits per heavy atom. The van der Waals surface area contributed by atoms with Crippen LogP contribution in [0.2, 0.25) is 5.02 Å². The van der Waals surface area contributed by atoms with Crippen LogP contribution in [0.1, 0.15) is 21.5 Å². The minimum Gasteiger partial charge on any atom is -0.465 e. The molecule has 0 aliphatic carbocycles. The van der Waals surface area contributed by atoms with Crippen molar-refractivity contribution in [2.45, 2.75) is 5.75 Å². The largest absolute Gasteiger partial charge is 0.465 e. The molecule has 0 saturated heterocycles. The molecule has 0 heterocycles. The summed E-state index contributed by atoms with van der Waals surface area (Å²) in [7, 11) is 1.33. The zero-order valence-corrected chi connectivity index (χ0v) is 15.1. The fraction of sp³-hybridized carbons (Fsp3) is 0.167. The molecule has 0 atom stereocenters. The number of hydrogen-bond donors (Lipinski definition) is 1. The lowest BCUT2D eigenvalue weighted by molar-refractivity contribution is -0.118. The van der Waals surface area contributed by atoms with Crippen LogP contribution < -0.4 is 5.43 Å². The van der Waals surface area contributed by atoms with Gasteiger partial charge in [0.15, 0.2) is 0 Å². The molecule has 0 aliphatic rings. The number of methoxy groups -OCH3 is 1. The van der Waals surface area contributed by atoms with Crippen LogP contribution in [0, 0.1) is 0 Å². The zero-order valence-electron chi connectivity index (χ0n) is 13.6. The van der Waals surface area contributed by atoms with Gasteiger partial charge in [0.2, 0.25) is 5.91 Å². The van der Waals surface area contributed by atoms with Crippen LogP contribution in [0.15, 0.2) is 53.6 Å². The number of esters is 1. The van der Waals surface area contributed by atoms with E-state index in [2.05, 4.69) is 15.3 Å². The van der Waals surface area contributed by atoms with Crippen molar-refractivity contribution in [3.63, 3.8) is 0 Å². The summed E-state index contributed by atoms with van der Waals surface area (Å²) in [5.74, 6) is 0.459. The standard InChI is InChI=1S/C18H17ClN2O3S/c1-24-18(23)15-6-2-13(3-7-15)10-20-21-17(22)12-25-11-14-4-8-16(19)9-5-14/h2-10H,11-12H2,1H3,(H,21,22). The van der Waals surface area contributed by atoms with Gasteiger partial charge in [-0.3, -0.25) is 4.79 Å². The maximum Gasteiger partial charge on any atom is 0.337 e. The molecular weight excluding hydrogens is 360 g/mol. The van der Waals surface area contributed by atoms with Crippen LogP contribution in [0.3, 0.4) is 0 Å². The topological polar surface area (TPSA) is 67.8 Å². The fourth-order valence-electron chi connectivity index (χ4n) is 1.88. The van der Waals surface area contributed by atoms with Gasteiger partial charge in [-0.1, -0.05) is 35.9 Å². The number of rotatable bonds is 7. The van der Waals surface area contributed by atoms with Gasteiger partial charge in [-0.2, -0.15) is 5.10 Å². The highest BCUT2D eigenvalue weighted by atomic mass is 35.5. The predicted molar refractivity (Wildman–Crippen MR) is 101 cm³/mol. The molecule has 0 radical (unpaired) electrons. The monoisotopic (exact) mass is 376 g/mol. The van der Waals surface area contributed by atoms with Crippen molar-refractivity contribution < 1.29 is 14.3 Å². The number of amides is 1. The second-order valence-corrected chi connectivity index (χ2v) is 6.45. The van der Waals surface area contributed by atoms with E-state index < -0.39 is 5.97 Å². The number of halogens is 1. The number of nitrogens with one attached hydrogen (secondary N) is 1. The molecule has 0 spiro atoms. The average Bonchev–Trinajstić information content (AvgIpc) is 2.63. The van der Waals surface area contributed by atoms with Crippen molar-refractivity contribution in [3.05, 3.63) is 70.2 Å².